The largest absolute Gasteiger partial charge is 0.299 e. The SMILES string of the molecule is C[C@@H]1C[C@H]1C(=O)C(C)(C)C. The summed E-state index contributed by atoms with van der Waals surface area (Å²) in [7, 11) is 0. The lowest BCUT2D eigenvalue weighted by molar-refractivity contribution is -0.127. The fraction of sp³-hybridized carbons (Fsp3) is 0.889. The van der Waals surface area contributed by atoms with Gasteiger partial charge in [0.1, 0.15) is 5.78 Å². The van der Waals surface area contributed by atoms with Crippen LogP contribution in [0.15, 0.2) is 0 Å². The van der Waals surface area contributed by atoms with E-state index in [2.05, 4.69) is 6.92 Å². The van der Waals surface area contributed by atoms with Crippen LogP contribution in [0, 0.1) is 17.3 Å². The summed E-state index contributed by atoms with van der Waals surface area (Å²) < 4.78 is 0. The van der Waals surface area contributed by atoms with Crippen molar-refractivity contribution in [3.8, 4) is 0 Å². The standard InChI is InChI=1S/C9H16O/c1-6-5-7(6)8(10)9(2,3)4/h6-7H,5H2,1-4H3/t6-,7-/m1/s1. The highest BCUT2D eigenvalue weighted by Crippen LogP contribution is 2.42. The Kier molecular flexibility index (Phi) is 1.61. The van der Waals surface area contributed by atoms with Crippen LogP contribution in [-0.4, -0.2) is 5.78 Å². The summed E-state index contributed by atoms with van der Waals surface area (Å²) in [5.41, 5.74) is -0.116. The summed E-state index contributed by atoms with van der Waals surface area (Å²) >= 11 is 0. The van der Waals surface area contributed by atoms with Crippen molar-refractivity contribution in [1.82, 2.24) is 0 Å². The van der Waals surface area contributed by atoms with Gasteiger partial charge in [-0.15, -0.1) is 0 Å². The molecule has 0 aliphatic heterocycles. The molecule has 1 fully saturated rings. The molecular weight excluding hydrogens is 124 g/mol. The second kappa shape index (κ2) is 2.08. The highest BCUT2D eigenvalue weighted by molar-refractivity contribution is 5.88. The lowest BCUT2D eigenvalue weighted by Gasteiger charge is -2.15. The summed E-state index contributed by atoms with van der Waals surface area (Å²) in [4.78, 5) is 11.4. The van der Waals surface area contributed by atoms with Gasteiger partial charge in [0.2, 0.25) is 0 Å². The van der Waals surface area contributed by atoms with E-state index in [1.807, 2.05) is 20.8 Å². The number of ketones is 1. The lowest BCUT2D eigenvalue weighted by atomic mass is 9.87. The van der Waals surface area contributed by atoms with E-state index in [-0.39, 0.29) is 5.41 Å². The second-order valence-electron chi connectivity index (χ2n) is 4.43. The summed E-state index contributed by atoms with van der Waals surface area (Å²) in [5.74, 6) is 1.49. The third-order valence-corrected chi connectivity index (χ3v) is 2.19. The maximum absolute atomic E-state index is 11.4. The molecule has 1 aliphatic carbocycles. The number of rotatable bonds is 1. The normalized spacial score (nSPS) is 32.0. The van der Waals surface area contributed by atoms with Crippen molar-refractivity contribution in [3.05, 3.63) is 0 Å². The van der Waals surface area contributed by atoms with Gasteiger partial charge in [-0.2, -0.15) is 0 Å². The molecule has 0 heterocycles. The van der Waals surface area contributed by atoms with Crippen molar-refractivity contribution in [3.63, 3.8) is 0 Å². The van der Waals surface area contributed by atoms with Crippen LogP contribution in [0.3, 0.4) is 0 Å². The molecule has 0 spiro atoms. The van der Waals surface area contributed by atoms with Gasteiger partial charge in [-0.25, -0.2) is 0 Å². The third-order valence-electron chi connectivity index (χ3n) is 2.19. The van der Waals surface area contributed by atoms with Gasteiger partial charge in [-0.05, 0) is 12.3 Å². The second-order valence-corrected chi connectivity index (χ2v) is 4.43. The zero-order valence-electron chi connectivity index (χ0n) is 7.27. The minimum Gasteiger partial charge on any atom is -0.299 e. The first kappa shape index (κ1) is 7.77. The van der Waals surface area contributed by atoms with Crippen LogP contribution in [0.4, 0.5) is 0 Å². The molecule has 1 aliphatic rings. The van der Waals surface area contributed by atoms with Gasteiger partial charge in [-0.3, -0.25) is 4.79 Å². The first-order valence-electron chi connectivity index (χ1n) is 3.97. The summed E-state index contributed by atoms with van der Waals surface area (Å²) in [6.45, 7) is 8.15. The van der Waals surface area contributed by atoms with Gasteiger partial charge >= 0.3 is 0 Å². The molecular formula is C9H16O. The first-order chi connectivity index (χ1) is 4.43. The molecule has 0 amide bonds. The average Bonchev–Trinajstić information content (AvgIpc) is 2.42. The van der Waals surface area contributed by atoms with Crippen molar-refractivity contribution in [2.75, 3.05) is 0 Å². The molecule has 2 atom stereocenters. The maximum atomic E-state index is 11.4. The molecule has 1 nitrogen and oxygen atoms in total. The molecule has 0 aromatic heterocycles. The predicted molar refractivity (Wildman–Crippen MR) is 41.7 cm³/mol. The molecule has 0 radical (unpaired) electrons. The van der Waals surface area contributed by atoms with Crippen molar-refractivity contribution in [2.24, 2.45) is 17.3 Å². The molecule has 0 unspecified atom stereocenters. The van der Waals surface area contributed by atoms with Crippen LogP contribution in [-0.2, 0) is 4.79 Å². The van der Waals surface area contributed by atoms with E-state index < -0.39 is 0 Å². The third kappa shape index (κ3) is 1.39. The number of carbonyl (C=O) groups is 1. The molecule has 0 aromatic rings. The smallest absolute Gasteiger partial charge is 0.141 e. The molecule has 0 bridgehead atoms. The van der Waals surface area contributed by atoms with Crippen LogP contribution in [0.1, 0.15) is 34.1 Å². The Labute approximate surface area is 62.8 Å². The van der Waals surface area contributed by atoms with E-state index in [0.29, 0.717) is 17.6 Å². The van der Waals surface area contributed by atoms with Crippen molar-refractivity contribution in [2.45, 2.75) is 34.1 Å². The average molecular weight is 140 g/mol. The van der Waals surface area contributed by atoms with Crippen molar-refractivity contribution in [1.29, 1.82) is 0 Å². The maximum Gasteiger partial charge on any atom is 0.141 e. The molecule has 0 saturated heterocycles. The summed E-state index contributed by atoms with van der Waals surface area (Å²) in [6.07, 6.45) is 1.12. The molecule has 10 heavy (non-hydrogen) atoms. The lowest BCUT2D eigenvalue weighted by Crippen LogP contribution is -2.22. The number of hydrogen-bond donors (Lipinski definition) is 0. The zero-order chi connectivity index (χ0) is 7.94. The Bertz CT molecular complexity index is 153. The Morgan fingerprint density at radius 2 is 1.80 bits per heavy atom. The Morgan fingerprint density at radius 1 is 1.40 bits per heavy atom. The van der Waals surface area contributed by atoms with Gasteiger partial charge in [0, 0.05) is 11.3 Å². The van der Waals surface area contributed by atoms with E-state index in [4.69, 9.17) is 0 Å². The monoisotopic (exact) mass is 140 g/mol. The van der Waals surface area contributed by atoms with Crippen LogP contribution in [0.25, 0.3) is 0 Å². The molecule has 58 valence electrons. The van der Waals surface area contributed by atoms with E-state index in [1.54, 1.807) is 0 Å². The summed E-state index contributed by atoms with van der Waals surface area (Å²) in [6, 6.07) is 0. The van der Waals surface area contributed by atoms with Crippen LogP contribution < -0.4 is 0 Å². The molecule has 0 aromatic carbocycles. The first-order valence-corrected chi connectivity index (χ1v) is 3.97. The van der Waals surface area contributed by atoms with Crippen LogP contribution >= 0.6 is 0 Å². The topological polar surface area (TPSA) is 17.1 Å². The summed E-state index contributed by atoms with van der Waals surface area (Å²) in [5, 5.41) is 0. The van der Waals surface area contributed by atoms with Crippen molar-refractivity contribution >= 4 is 5.78 Å². The van der Waals surface area contributed by atoms with Crippen LogP contribution in [0.2, 0.25) is 0 Å². The quantitative estimate of drug-likeness (QED) is 0.546. The predicted octanol–water partition coefficient (Wildman–Crippen LogP) is 2.26. The van der Waals surface area contributed by atoms with Gasteiger partial charge in [0.25, 0.3) is 0 Å². The highest BCUT2D eigenvalue weighted by Gasteiger charge is 2.43. The number of Topliss-reactive ketones (excluding diaryl/α,β-unsaturated/α-hetero) is 1. The molecule has 1 heteroatoms. The number of carbonyl (C=O) groups excluding carboxylic acids is 1. The zero-order valence-corrected chi connectivity index (χ0v) is 7.27. The molecule has 1 saturated carbocycles. The minimum absolute atomic E-state index is 0.116. The van der Waals surface area contributed by atoms with E-state index in [9.17, 15) is 4.79 Å². The highest BCUT2D eigenvalue weighted by atomic mass is 16.1. The Hall–Kier alpha value is -0.330. The van der Waals surface area contributed by atoms with Crippen molar-refractivity contribution < 1.29 is 4.79 Å². The fourth-order valence-electron chi connectivity index (χ4n) is 1.24. The van der Waals surface area contributed by atoms with Crippen LogP contribution in [0.5, 0.6) is 0 Å². The minimum atomic E-state index is -0.116. The van der Waals surface area contributed by atoms with Gasteiger partial charge in [0.15, 0.2) is 0 Å². The van der Waals surface area contributed by atoms with E-state index >= 15 is 0 Å². The van der Waals surface area contributed by atoms with Gasteiger partial charge in [-0.1, -0.05) is 27.7 Å². The van der Waals surface area contributed by atoms with E-state index in [0.717, 1.165) is 6.42 Å². The molecule has 1 rings (SSSR count). The number of hydrogen-bond acceptors (Lipinski definition) is 1. The van der Waals surface area contributed by atoms with Gasteiger partial charge < -0.3 is 0 Å². The fourth-order valence-corrected chi connectivity index (χ4v) is 1.24. The van der Waals surface area contributed by atoms with E-state index in [1.165, 1.54) is 0 Å². The molecule has 0 N–H and O–H groups in total. The Morgan fingerprint density at radius 3 is 1.90 bits per heavy atom. The van der Waals surface area contributed by atoms with Gasteiger partial charge in [0.05, 0.1) is 0 Å². The Balaban J connectivity index is 2.51.